The number of nitrogens with zero attached hydrogens (tertiary/aromatic N) is 2. The number of benzene rings is 1. The molecule has 3 aromatic rings. The third kappa shape index (κ3) is 3.27. The van der Waals surface area contributed by atoms with Gasteiger partial charge in [-0.25, -0.2) is 9.37 Å². The summed E-state index contributed by atoms with van der Waals surface area (Å²) in [6.07, 6.45) is 0. The van der Waals surface area contributed by atoms with E-state index in [9.17, 15) is 9.18 Å². The van der Waals surface area contributed by atoms with E-state index in [0.29, 0.717) is 25.5 Å². The highest BCUT2D eigenvalue weighted by Gasteiger charge is 2.32. The van der Waals surface area contributed by atoms with Crippen LogP contribution in [-0.2, 0) is 11.3 Å². The summed E-state index contributed by atoms with van der Waals surface area (Å²) >= 11 is 1.59. The van der Waals surface area contributed by atoms with Crippen LogP contribution in [0.15, 0.2) is 45.5 Å². The summed E-state index contributed by atoms with van der Waals surface area (Å²) in [5.41, 5.74) is 2.53. The molecule has 7 heteroatoms. The lowest BCUT2D eigenvalue weighted by molar-refractivity contribution is -0.129. The average Bonchev–Trinajstić information content (AvgIpc) is 3.27. The second-order valence-electron chi connectivity index (χ2n) is 6.25. The third-order valence-corrected chi connectivity index (χ3v) is 5.19. The van der Waals surface area contributed by atoms with Gasteiger partial charge in [0.1, 0.15) is 17.6 Å². The number of carbonyl (C=O) groups excluding carboxylic acids is 1. The molecular weight excluding hydrogens is 353 g/mol. The van der Waals surface area contributed by atoms with E-state index in [4.69, 9.17) is 4.42 Å². The maximum Gasteiger partial charge on any atom is 0.242 e. The highest BCUT2D eigenvalue weighted by atomic mass is 32.1. The Kier molecular flexibility index (Phi) is 4.57. The van der Waals surface area contributed by atoms with Crippen molar-refractivity contribution in [2.75, 3.05) is 13.1 Å². The normalized spacial score (nSPS) is 18.1. The van der Waals surface area contributed by atoms with Crippen molar-refractivity contribution >= 4 is 17.2 Å². The van der Waals surface area contributed by atoms with Crippen LogP contribution in [0.2, 0.25) is 0 Å². The quantitative estimate of drug-likeness (QED) is 0.762. The fourth-order valence-electron chi connectivity index (χ4n) is 3.17. The Morgan fingerprint density at radius 3 is 2.88 bits per heavy atom. The van der Waals surface area contributed by atoms with E-state index in [0.717, 1.165) is 22.6 Å². The number of aromatic nitrogens is 1. The first-order chi connectivity index (χ1) is 12.6. The predicted molar refractivity (Wildman–Crippen MR) is 97.1 cm³/mol. The number of amides is 1. The van der Waals surface area contributed by atoms with Gasteiger partial charge in [-0.1, -0.05) is 12.1 Å². The fourth-order valence-corrected chi connectivity index (χ4v) is 3.80. The first-order valence-electron chi connectivity index (χ1n) is 8.38. The molecule has 1 aromatic carbocycles. The SMILES string of the molecule is Cc1oc(-c2ccsc2)nc1CN1CCNC(=O)C1c1ccc(F)cc1. The molecular formula is C19H18FN3O2S. The molecule has 0 bridgehead atoms. The van der Waals surface area contributed by atoms with Gasteiger partial charge in [0.25, 0.3) is 0 Å². The minimum absolute atomic E-state index is 0.0814. The van der Waals surface area contributed by atoms with Gasteiger partial charge in [-0.2, -0.15) is 11.3 Å². The number of halogens is 1. The van der Waals surface area contributed by atoms with Crippen molar-refractivity contribution in [2.24, 2.45) is 0 Å². The van der Waals surface area contributed by atoms with E-state index in [1.807, 2.05) is 28.7 Å². The predicted octanol–water partition coefficient (Wildman–Crippen LogP) is 3.52. The molecule has 3 heterocycles. The minimum atomic E-state index is -0.468. The Bertz CT molecular complexity index is 906. The lowest BCUT2D eigenvalue weighted by Crippen LogP contribution is -2.49. The Morgan fingerprint density at radius 2 is 2.15 bits per heavy atom. The molecule has 26 heavy (non-hydrogen) atoms. The van der Waals surface area contributed by atoms with E-state index in [1.54, 1.807) is 23.5 Å². The lowest BCUT2D eigenvalue weighted by atomic mass is 10.0. The van der Waals surface area contributed by atoms with E-state index in [1.165, 1.54) is 12.1 Å². The van der Waals surface area contributed by atoms with E-state index < -0.39 is 6.04 Å². The number of hydrogen-bond donors (Lipinski definition) is 1. The molecule has 2 aromatic heterocycles. The number of piperazine rings is 1. The molecule has 1 aliphatic rings. The number of rotatable bonds is 4. The van der Waals surface area contributed by atoms with Crippen LogP contribution in [0.1, 0.15) is 23.1 Å². The highest BCUT2D eigenvalue weighted by Crippen LogP contribution is 2.28. The molecule has 1 aliphatic heterocycles. The molecule has 1 amide bonds. The summed E-state index contributed by atoms with van der Waals surface area (Å²) in [6.45, 7) is 3.64. The first-order valence-corrected chi connectivity index (χ1v) is 9.32. The molecule has 0 saturated carbocycles. The Balaban J connectivity index is 1.61. The third-order valence-electron chi connectivity index (χ3n) is 4.51. The highest BCUT2D eigenvalue weighted by molar-refractivity contribution is 7.08. The maximum absolute atomic E-state index is 13.2. The van der Waals surface area contributed by atoms with E-state index >= 15 is 0 Å². The summed E-state index contributed by atoms with van der Waals surface area (Å²) in [6, 6.07) is 7.58. The monoisotopic (exact) mass is 371 g/mol. The molecule has 1 fully saturated rings. The van der Waals surface area contributed by atoms with Crippen LogP contribution in [-0.4, -0.2) is 28.9 Å². The van der Waals surface area contributed by atoms with E-state index in [-0.39, 0.29) is 11.7 Å². The zero-order chi connectivity index (χ0) is 18.1. The topological polar surface area (TPSA) is 58.4 Å². The van der Waals surface area contributed by atoms with Crippen LogP contribution in [0.4, 0.5) is 4.39 Å². The van der Waals surface area contributed by atoms with Gasteiger partial charge < -0.3 is 9.73 Å². The second kappa shape index (κ2) is 7.01. The van der Waals surface area contributed by atoms with Crippen molar-refractivity contribution in [3.8, 4) is 11.5 Å². The Labute approximate surface area is 154 Å². The van der Waals surface area contributed by atoms with Crippen LogP contribution in [0, 0.1) is 12.7 Å². The smallest absolute Gasteiger partial charge is 0.242 e. The molecule has 4 rings (SSSR count). The maximum atomic E-state index is 13.2. The molecule has 1 unspecified atom stereocenters. The molecule has 0 radical (unpaired) electrons. The molecule has 0 spiro atoms. The van der Waals surface area contributed by atoms with Crippen LogP contribution >= 0.6 is 11.3 Å². The molecule has 1 N–H and O–H groups in total. The van der Waals surface area contributed by atoms with Crippen molar-refractivity contribution in [3.63, 3.8) is 0 Å². The minimum Gasteiger partial charge on any atom is -0.441 e. The molecule has 134 valence electrons. The van der Waals surface area contributed by atoms with Crippen molar-refractivity contribution in [2.45, 2.75) is 19.5 Å². The Hall–Kier alpha value is -2.51. The Morgan fingerprint density at radius 1 is 1.35 bits per heavy atom. The molecule has 0 aliphatic carbocycles. The van der Waals surface area contributed by atoms with Gasteiger partial charge in [-0.3, -0.25) is 9.69 Å². The second-order valence-corrected chi connectivity index (χ2v) is 7.03. The van der Waals surface area contributed by atoms with Gasteiger partial charge in [0.15, 0.2) is 0 Å². The van der Waals surface area contributed by atoms with Crippen molar-refractivity contribution in [1.29, 1.82) is 0 Å². The van der Waals surface area contributed by atoms with Crippen molar-refractivity contribution in [3.05, 3.63) is 63.9 Å². The summed E-state index contributed by atoms with van der Waals surface area (Å²) in [5, 5.41) is 6.86. The number of aryl methyl sites for hydroxylation is 1. The summed E-state index contributed by atoms with van der Waals surface area (Å²) in [7, 11) is 0. The lowest BCUT2D eigenvalue weighted by Gasteiger charge is -2.34. The largest absolute Gasteiger partial charge is 0.441 e. The van der Waals surface area contributed by atoms with Crippen molar-refractivity contribution in [1.82, 2.24) is 15.2 Å². The molecule has 5 nitrogen and oxygen atoms in total. The number of carbonyl (C=O) groups is 1. The number of hydrogen-bond acceptors (Lipinski definition) is 5. The van der Waals surface area contributed by atoms with Crippen LogP contribution in [0.5, 0.6) is 0 Å². The van der Waals surface area contributed by atoms with Crippen LogP contribution in [0.25, 0.3) is 11.5 Å². The van der Waals surface area contributed by atoms with E-state index in [2.05, 4.69) is 10.3 Å². The summed E-state index contributed by atoms with van der Waals surface area (Å²) < 4.78 is 19.1. The molecule has 1 saturated heterocycles. The van der Waals surface area contributed by atoms with Gasteiger partial charge in [0, 0.05) is 30.6 Å². The average molecular weight is 371 g/mol. The van der Waals surface area contributed by atoms with Gasteiger partial charge in [-0.05, 0) is 36.1 Å². The standard InChI is InChI=1S/C19H18FN3O2S/c1-12-16(22-19(25-12)14-6-9-26-11-14)10-23-8-7-21-18(24)17(23)13-2-4-15(20)5-3-13/h2-6,9,11,17H,7-8,10H2,1H3,(H,21,24). The fraction of sp³-hybridized carbons (Fsp3) is 0.263. The van der Waals surface area contributed by atoms with Gasteiger partial charge >= 0.3 is 0 Å². The van der Waals surface area contributed by atoms with Crippen LogP contribution < -0.4 is 5.32 Å². The van der Waals surface area contributed by atoms with Gasteiger partial charge in [0.2, 0.25) is 11.8 Å². The first kappa shape index (κ1) is 16.9. The zero-order valence-corrected chi connectivity index (χ0v) is 15.1. The zero-order valence-electron chi connectivity index (χ0n) is 14.2. The van der Waals surface area contributed by atoms with Crippen molar-refractivity contribution < 1.29 is 13.6 Å². The summed E-state index contributed by atoms with van der Waals surface area (Å²) in [5.74, 6) is 0.944. The molecule has 1 atom stereocenters. The summed E-state index contributed by atoms with van der Waals surface area (Å²) in [4.78, 5) is 19.1. The van der Waals surface area contributed by atoms with Crippen LogP contribution in [0.3, 0.4) is 0 Å². The number of nitrogens with one attached hydrogen (secondary N) is 1. The number of oxazole rings is 1. The number of thiophene rings is 1. The van der Waals surface area contributed by atoms with Gasteiger partial charge in [0.05, 0.1) is 5.69 Å². The van der Waals surface area contributed by atoms with Gasteiger partial charge in [-0.15, -0.1) is 0 Å².